The average molecular weight is 282 g/mol. The highest BCUT2D eigenvalue weighted by molar-refractivity contribution is 5.96. The summed E-state index contributed by atoms with van der Waals surface area (Å²) in [6, 6.07) is 16.6. The molecule has 0 bridgehead atoms. The first-order valence-corrected chi connectivity index (χ1v) is 7.01. The van der Waals surface area contributed by atoms with Gasteiger partial charge in [-0.05, 0) is 49.7 Å². The number of ether oxygens (including phenoxy) is 1. The van der Waals surface area contributed by atoms with E-state index in [4.69, 9.17) is 4.74 Å². The van der Waals surface area contributed by atoms with Crippen LogP contribution in [0.2, 0.25) is 0 Å². The molecule has 0 aromatic heterocycles. The van der Waals surface area contributed by atoms with E-state index in [1.165, 1.54) is 0 Å². The summed E-state index contributed by atoms with van der Waals surface area (Å²) >= 11 is 0. The average Bonchev–Trinajstić information content (AvgIpc) is 2.48. The Morgan fingerprint density at radius 3 is 2.10 bits per heavy atom. The van der Waals surface area contributed by atoms with Crippen molar-refractivity contribution in [1.82, 2.24) is 0 Å². The van der Waals surface area contributed by atoms with Gasteiger partial charge in [-0.2, -0.15) is 0 Å². The van der Waals surface area contributed by atoms with Gasteiger partial charge in [0.25, 0.3) is 0 Å². The van der Waals surface area contributed by atoms with Crippen molar-refractivity contribution in [1.29, 1.82) is 0 Å². The predicted molar refractivity (Wildman–Crippen MR) is 81.8 cm³/mol. The van der Waals surface area contributed by atoms with Crippen molar-refractivity contribution in [3.63, 3.8) is 0 Å². The van der Waals surface area contributed by atoms with E-state index in [1.54, 1.807) is 31.2 Å². The van der Waals surface area contributed by atoms with Crippen LogP contribution in [0.4, 0.5) is 0 Å². The maximum atomic E-state index is 11.9. The van der Waals surface area contributed by atoms with Crippen LogP contribution in [0.15, 0.2) is 54.6 Å². The van der Waals surface area contributed by atoms with E-state index >= 15 is 0 Å². The largest absolute Gasteiger partial charge is 0.457 e. The van der Waals surface area contributed by atoms with E-state index in [0.717, 1.165) is 5.75 Å². The quantitative estimate of drug-likeness (QED) is 0.706. The van der Waals surface area contributed by atoms with Crippen molar-refractivity contribution in [3.8, 4) is 11.5 Å². The van der Waals surface area contributed by atoms with Crippen molar-refractivity contribution in [2.45, 2.75) is 26.2 Å². The molecule has 0 saturated heterocycles. The van der Waals surface area contributed by atoms with E-state index < -0.39 is 0 Å². The van der Waals surface area contributed by atoms with Gasteiger partial charge in [0.15, 0.2) is 5.78 Å². The zero-order valence-electron chi connectivity index (χ0n) is 12.0. The fourth-order valence-corrected chi connectivity index (χ4v) is 1.98. The minimum Gasteiger partial charge on any atom is -0.457 e. The molecule has 0 spiro atoms. The van der Waals surface area contributed by atoms with E-state index in [-0.39, 0.29) is 11.6 Å². The summed E-state index contributed by atoms with van der Waals surface area (Å²) < 4.78 is 5.67. The first-order valence-electron chi connectivity index (χ1n) is 7.01. The summed E-state index contributed by atoms with van der Waals surface area (Å²) in [4.78, 5) is 22.8. The number of rotatable bonds is 7. The molecule has 0 amide bonds. The first-order chi connectivity index (χ1) is 10.1. The number of para-hydroxylation sites is 1. The van der Waals surface area contributed by atoms with Gasteiger partial charge < -0.3 is 9.53 Å². The van der Waals surface area contributed by atoms with Crippen molar-refractivity contribution in [3.05, 3.63) is 60.2 Å². The summed E-state index contributed by atoms with van der Waals surface area (Å²) in [6.07, 6.45) is 1.47. The molecule has 0 heterocycles. The molecule has 0 radical (unpaired) electrons. The van der Waals surface area contributed by atoms with Crippen molar-refractivity contribution >= 4 is 11.6 Å². The van der Waals surface area contributed by atoms with Gasteiger partial charge in [0.2, 0.25) is 0 Å². The van der Waals surface area contributed by atoms with Gasteiger partial charge in [0.1, 0.15) is 17.3 Å². The summed E-state index contributed by atoms with van der Waals surface area (Å²) in [6.45, 7) is 1.54. The van der Waals surface area contributed by atoms with Crippen LogP contribution in [0, 0.1) is 0 Å². The highest BCUT2D eigenvalue weighted by atomic mass is 16.5. The number of benzene rings is 2. The minimum absolute atomic E-state index is 0.0579. The highest BCUT2D eigenvalue weighted by Crippen LogP contribution is 2.21. The number of hydrogen-bond acceptors (Lipinski definition) is 3. The molecule has 21 heavy (non-hydrogen) atoms. The molecule has 0 aliphatic rings. The van der Waals surface area contributed by atoms with E-state index in [1.807, 2.05) is 30.3 Å². The fourth-order valence-electron chi connectivity index (χ4n) is 1.98. The highest BCUT2D eigenvalue weighted by Gasteiger charge is 2.07. The van der Waals surface area contributed by atoms with E-state index in [2.05, 4.69) is 0 Å². The zero-order chi connectivity index (χ0) is 15.1. The molecule has 0 aliphatic heterocycles. The van der Waals surface area contributed by atoms with Crippen LogP contribution in [0.5, 0.6) is 11.5 Å². The fraction of sp³-hybridized carbons (Fsp3) is 0.222. The predicted octanol–water partition coefficient (Wildman–Crippen LogP) is 4.42. The molecule has 108 valence electrons. The summed E-state index contributed by atoms with van der Waals surface area (Å²) in [5.41, 5.74) is 0.652. The second kappa shape index (κ2) is 7.39. The van der Waals surface area contributed by atoms with Crippen LogP contribution in [0.3, 0.4) is 0 Å². The van der Waals surface area contributed by atoms with Gasteiger partial charge in [0, 0.05) is 18.4 Å². The molecule has 3 nitrogen and oxygen atoms in total. The lowest BCUT2D eigenvalue weighted by atomic mass is 10.0. The van der Waals surface area contributed by atoms with Crippen LogP contribution in [0.25, 0.3) is 0 Å². The molecule has 2 aromatic carbocycles. The van der Waals surface area contributed by atoms with Crippen molar-refractivity contribution in [2.24, 2.45) is 0 Å². The third-order valence-electron chi connectivity index (χ3n) is 3.09. The third-order valence-corrected chi connectivity index (χ3v) is 3.09. The molecular weight excluding hydrogens is 264 g/mol. The van der Waals surface area contributed by atoms with Crippen LogP contribution in [-0.4, -0.2) is 11.6 Å². The Morgan fingerprint density at radius 2 is 1.48 bits per heavy atom. The number of carbonyl (C=O) groups is 2. The maximum absolute atomic E-state index is 11.9. The van der Waals surface area contributed by atoms with Gasteiger partial charge in [-0.3, -0.25) is 4.79 Å². The lowest BCUT2D eigenvalue weighted by Gasteiger charge is -2.06. The standard InChI is InChI=1S/C18H18O3/c1-14(19)6-5-9-18(20)15-10-12-17(13-11-15)21-16-7-3-2-4-8-16/h2-4,7-8,10-13H,5-6,9H2,1H3. The van der Waals surface area contributed by atoms with Gasteiger partial charge in [0.05, 0.1) is 0 Å². The normalized spacial score (nSPS) is 10.1. The second-order valence-corrected chi connectivity index (χ2v) is 4.92. The first kappa shape index (κ1) is 15.0. The monoisotopic (exact) mass is 282 g/mol. The molecule has 0 aliphatic carbocycles. The summed E-state index contributed by atoms with van der Waals surface area (Å²) in [5.74, 6) is 1.64. The van der Waals surface area contributed by atoms with Gasteiger partial charge in [-0.15, -0.1) is 0 Å². The van der Waals surface area contributed by atoms with E-state index in [9.17, 15) is 9.59 Å². The van der Waals surface area contributed by atoms with Gasteiger partial charge in [-0.1, -0.05) is 18.2 Å². The van der Waals surface area contributed by atoms with E-state index in [0.29, 0.717) is 30.6 Å². The Labute approximate surface area is 124 Å². The van der Waals surface area contributed by atoms with Crippen molar-refractivity contribution in [2.75, 3.05) is 0 Å². The summed E-state index contributed by atoms with van der Waals surface area (Å²) in [7, 11) is 0. The molecule has 3 heteroatoms. The topological polar surface area (TPSA) is 43.4 Å². The Bertz CT molecular complexity index is 600. The Hall–Kier alpha value is -2.42. The molecule has 0 N–H and O–H groups in total. The molecule has 0 saturated carbocycles. The van der Waals surface area contributed by atoms with Crippen LogP contribution in [-0.2, 0) is 4.79 Å². The number of Topliss-reactive ketones (excluding diaryl/α,β-unsaturated/α-hetero) is 2. The number of ketones is 2. The van der Waals surface area contributed by atoms with Crippen molar-refractivity contribution < 1.29 is 14.3 Å². The van der Waals surface area contributed by atoms with Crippen LogP contribution in [0.1, 0.15) is 36.5 Å². The third kappa shape index (κ3) is 4.88. The Morgan fingerprint density at radius 1 is 0.857 bits per heavy atom. The zero-order valence-corrected chi connectivity index (χ0v) is 12.0. The lowest BCUT2D eigenvalue weighted by Crippen LogP contribution is -2.00. The molecule has 2 aromatic rings. The second-order valence-electron chi connectivity index (χ2n) is 4.92. The molecule has 0 unspecified atom stereocenters. The number of carbonyl (C=O) groups excluding carboxylic acids is 2. The van der Waals surface area contributed by atoms with Gasteiger partial charge >= 0.3 is 0 Å². The van der Waals surface area contributed by atoms with Crippen LogP contribution < -0.4 is 4.74 Å². The Kier molecular flexibility index (Phi) is 5.27. The molecule has 0 fully saturated rings. The molecular formula is C18H18O3. The van der Waals surface area contributed by atoms with Crippen LogP contribution >= 0.6 is 0 Å². The maximum Gasteiger partial charge on any atom is 0.162 e. The lowest BCUT2D eigenvalue weighted by molar-refractivity contribution is -0.117. The molecule has 2 rings (SSSR count). The summed E-state index contributed by atoms with van der Waals surface area (Å²) in [5, 5.41) is 0. The van der Waals surface area contributed by atoms with Gasteiger partial charge in [-0.25, -0.2) is 0 Å². The SMILES string of the molecule is CC(=O)CCCC(=O)c1ccc(Oc2ccccc2)cc1. The minimum atomic E-state index is 0.0579. The molecule has 0 atom stereocenters. The number of hydrogen-bond donors (Lipinski definition) is 0. The Balaban J connectivity index is 1.92. The smallest absolute Gasteiger partial charge is 0.162 e.